The Kier molecular flexibility index (Phi) is 8.11. The first-order chi connectivity index (χ1) is 21.2. The van der Waals surface area contributed by atoms with Crippen LogP contribution in [0.25, 0.3) is 0 Å². The highest BCUT2D eigenvalue weighted by Crippen LogP contribution is 2.41. The molecule has 0 spiro atoms. The predicted octanol–water partition coefficient (Wildman–Crippen LogP) is 3.03. The minimum atomic E-state index is -4.70. The summed E-state index contributed by atoms with van der Waals surface area (Å²) in [5, 5.41) is 8.97. The lowest BCUT2D eigenvalue weighted by molar-refractivity contribution is -0.202. The number of halogens is 3. The van der Waals surface area contributed by atoms with Crippen LogP contribution in [0.1, 0.15) is 33.1 Å². The lowest BCUT2D eigenvalue weighted by Crippen LogP contribution is -2.64. The van der Waals surface area contributed by atoms with Crippen LogP contribution in [0.2, 0.25) is 0 Å². The molecule has 3 unspecified atom stereocenters. The van der Waals surface area contributed by atoms with Crippen molar-refractivity contribution in [3.05, 3.63) is 89.1 Å². The Labute approximate surface area is 252 Å². The molecule has 2 fully saturated rings. The summed E-state index contributed by atoms with van der Waals surface area (Å²) in [6, 6.07) is 18.1. The zero-order valence-electron chi connectivity index (χ0n) is 23.6. The zero-order chi connectivity index (χ0) is 30.8. The molecule has 1 aromatic heterocycles. The first-order valence-corrected chi connectivity index (χ1v) is 14.3. The van der Waals surface area contributed by atoms with E-state index >= 15 is 0 Å². The number of benzene rings is 2. The highest BCUT2D eigenvalue weighted by Gasteiger charge is 2.55. The number of amides is 2. The molecular formula is C31H30F3N7O3. The summed E-state index contributed by atoms with van der Waals surface area (Å²) < 4.78 is 48.0. The van der Waals surface area contributed by atoms with Crippen molar-refractivity contribution in [3.63, 3.8) is 0 Å². The number of ether oxygens (including phenoxy) is 1. The van der Waals surface area contributed by atoms with E-state index in [1.807, 2.05) is 24.3 Å². The fourth-order valence-electron chi connectivity index (χ4n) is 6.14. The Morgan fingerprint density at radius 2 is 1.80 bits per heavy atom. The molecule has 2 aromatic carbocycles. The molecule has 13 heteroatoms. The number of alkyl halides is 3. The van der Waals surface area contributed by atoms with Gasteiger partial charge in [-0.15, -0.1) is 0 Å². The number of carbonyl (C=O) groups is 2. The second-order valence-corrected chi connectivity index (χ2v) is 11.0. The van der Waals surface area contributed by atoms with Gasteiger partial charge in [0.1, 0.15) is 24.2 Å². The Balaban J connectivity index is 1.10. The van der Waals surface area contributed by atoms with Crippen LogP contribution >= 0.6 is 0 Å². The van der Waals surface area contributed by atoms with Gasteiger partial charge in [0.05, 0.1) is 11.6 Å². The summed E-state index contributed by atoms with van der Waals surface area (Å²) in [5.74, 6) is -2.14. The SMILES string of the molecule is N#Cc1ccc(N2CCN(C(=O)c3ccc(OCC4c5ccccc5CN4C4CNNC(=O)C4C(F)(F)F)cc3)CC2)nc1. The van der Waals surface area contributed by atoms with Crippen molar-refractivity contribution in [2.75, 3.05) is 44.2 Å². The molecule has 6 rings (SSSR count). The number of nitriles is 1. The monoisotopic (exact) mass is 605 g/mol. The molecule has 4 heterocycles. The molecule has 44 heavy (non-hydrogen) atoms. The lowest BCUT2D eigenvalue weighted by atomic mass is 9.94. The van der Waals surface area contributed by atoms with Gasteiger partial charge in [-0.3, -0.25) is 19.9 Å². The number of hydrogen-bond acceptors (Lipinski definition) is 8. The van der Waals surface area contributed by atoms with Crippen molar-refractivity contribution in [2.24, 2.45) is 5.92 Å². The highest BCUT2D eigenvalue weighted by molar-refractivity contribution is 5.94. The number of hydrazine groups is 1. The summed E-state index contributed by atoms with van der Waals surface area (Å²) >= 11 is 0. The van der Waals surface area contributed by atoms with E-state index in [4.69, 9.17) is 10.00 Å². The van der Waals surface area contributed by atoms with Gasteiger partial charge in [0.2, 0.25) is 5.91 Å². The summed E-state index contributed by atoms with van der Waals surface area (Å²) in [4.78, 5) is 35.3. The molecule has 228 valence electrons. The van der Waals surface area contributed by atoms with Crippen LogP contribution in [-0.2, 0) is 11.3 Å². The molecule has 10 nitrogen and oxygen atoms in total. The molecule has 0 aliphatic carbocycles. The minimum absolute atomic E-state index is 0.0601. The number of hydrogen-bond donors (Lipinski definition) is 2. The third-order valence-corrected chi connectivity index (χ3v) is 8.41. The van der Waals surface area contributed by atoms with Gasteiger partial charge in [-0.2, -0.15) is 18.4 Å². The quantitative estimate of drug-likeness (QED) is 0.441. The van der Waals surface area contributed by atoms with Gasteiger partial charge < -0.3 is 14.5 Å². The van der Waals surface area contributed by atoms with E-state index in [2.05, 4.69) is 26.8 Å². The summed E-state index contributed by atoms with van der Waals surface area (Å²) in [5.41, 5.74) is 7.48. The van der Waals surface area contributed by atoms with Crippen LogP contribution in [0.15, 0.2) is 66.9 Å². The summed E-state index contributed by atoms with van der Waals surface area (Å²) in [6.07, 6.45) is -3.17. The largest absolute Gasteiger partial charge is 0.492 e. The number of aromatic nitrogens is 1. The highest BCUT2D eigenvalue weighted by atomic mass is 19.4. The third-order valence-electron chi connectivity index (χ3n) is 8.41. The molecule has 0 saturated carbocycles. The van der Waals surface area contributed by atoms with Gasteiger partial charge >= 0.3 is 6.18 Å². The fourth-order valence-corrected chi connectivity index (χ4v) is 6.14. The first-order valence-electron chi connectivity index (χ1n) is 14.3. The molecule has 0 radical (unpaired) electrons. The molecule has 3 aromatic rings. The fraction of sp³-hybridized carbons (Fsp3) is 0.355. The van der Waals surface area contributed by atoms with Crippen LogP contribution in [0.5, 0.6) is 5.75 Å². The molecule has 2 saturated heterocycles. The Bertz CT molecular complexity index is 1550. The lowest BCUT2D eigenvalue weighted by Gasteiger charge is -2.40. The Morgan fingerprint density at radius 1 is 1.05 bits per heavy atom. The number of nitrogens with one attached hydrogen (secondary N) is 2. The average molecular weight is 606 g/mol. The first kappa shape index (κ1) is 29.4. The van der Waals surface area contributed by atoms with Crippen molar-refractivity contribution in [1.29, 1.82) is 5.26 Å². The van der Waals surface area contributed by atoms with Crippen LogP contribution < -0.4 is 20.5 Å². The van der Waals surface area contributed by atoms with Crippen LogP contribution in [0.3, 0.4) is 0 Å². The van der Waals surface area contributed by atoms with E-state index in [9.17, 15) is 22.8 Å². The molecule has 3 aliphatic heterocycles. The standard InChI is InChI=1S/C31H30F3N7O3/c32-31(33,34)28-25(17-37-38-29(28)42)41-18-22-3-1-2-4-24(22)26(41)19-44-23-8-6-21(7-9-23)30(43)40-13-11-39(12-14-40)27-10-5-20(15-35)16-36-27/h1-10,16,25-26,28,37H,11-14,17-19H2,(H,38,42). The molecular weight excluding hydrogens is 575 g/mol. The third kappa shape index (κ3) is 5.91. The number of anilines is 1. The minimum Gasteiger partial charge on any atom is -0.492 e. The van der Waals surface area contributed by atoms with Gasteiger partial charge in [-0.1, -0.05) is 24.3 Å². The smallest absolute Gasteiger partial charge is 0.402 e. The summed E-state index contributed by atoms with van der Waals surface area (Å²) in [7, 11) is 0. The molecule has 2 N–H and O–H groups in total. The topological polar surface area (TPSA) is 114 Å². The van der Waals surface area contributed by atoms with Crippen molar-refractivity contribution < 1.29 is 27.5 Å². The van der Waals surface area contributed by atoms with Crippen molar-refractivity contribution in [1.82, 2.24) is 25.6 Å². The second-order valence-electron chi connectivity index (χ2n) is 11.0. The summed E-state index contributed by atoms with van der Waals surface area (Å²) in [6.45, 7) is 2.52. The van der Waals surface area contributed by atoms with Crippen molar-refractivity contribution in [2.45, 2.75) is 24.8 Å². The number of piperazine rings is 1. The zero-order valence-corrected chi connectivity index (χ0v) is 23.6. The maximum atomic E-state index is 14.0. The normalized spacial score (nSPS) is 22.2. The van der Waals surface area contributed by atoms with Crippen LogP contribution in [-0.4, -0.2) is 78.1 Å². The van der Waals surface area contributed by atoms with Gasteiger partial charge in [0.15, 0.2) is 5.92 Å². The van der Waals surface area contributed by atoms with E-state index in [0.717, 1.165) is 16.9 Å². The Hall–Kier alpha value is -4.67. The molecule has 2 amide bonds. The maximum Gasteiger partial charge on any atom is 0.402 e. The number of carbonyl (C=O) groups excluding carboxylic acids is 2. The number of pyridine rings is 1. The van der Waals surface area contributed by atoms with E-state index in [1.165, 1.54) is 6.20 Å². The van der Waals surface area contributed by atoms with Gasteiger partial charge in [0.25, 0.3) is 5.91 Å². The van der Waals surface area contributed by atoms with Gasteiger partial charge in [0, 0.05) is 57.1 Å². The number of rotatable bonds is 6. The van der Waals surface area contributed by atoms with E-state index in [0.29, 0.717) is 43.1 Å². The van der Waals surface area contributed by atoms with Crippen molar-refractivity contribution in [3.8, 4) is 11.8 Å². The van der Waals surface area contributed by atoms with E-state index < -0.39 is 30.1 Å². The van der Waals surface area contributed by atoms with Gasteiger partial charge in [-0.05, 0) is 47.5 Å². The van der Waals surface area contributed by atoms with Gasteiger partial charge in [-0.25, -0.2) is 10.4 Å². The maximum absolute atomic E-state index is 14.0. The second kappa shape index (κ2) is 12.1. The number of nitrogens with zero attached hydrogens (tertiary/aromatic N) is 5. The van der Waals surface area contributed by atoms with Crippen LogP contribution in [0, 0.1) is 17.2 Å². The predicted molar refractivity (Wildman–Crippen MR) is 153 cm³/mol. The van der Waals surface area contributed by atoms with Crippen molar-refractivity contribution >= 4 is 17.6 Å². The van der Waals surface area contributed by atoms with E-state index in [1.54, 1.807) is 46.2 Å². The molecule has 0 bridgehead atoms. The molecule has 3 atom stereocenters. The molecule has 3 aliphatic rings. The number of fused-ring (bicyclic) bond motifs is 1. The average Bonchev–Trinajstić information content (AvgIpc) is 3.41. The van der Waals surface area contributed by atoms with Crippen LogP contribution in [0.4, 0.5) is 19.0 Å². The van der Waals surface area contributed by atoms with E-state index in [-0.39, 0.29) is 25.6 Å². The Morgan fingerprint density at radius 3 is 2.48 bits per heavy atom.